The minimum absolute atomic E-state index is 0.236. The summed E-state index contributed by atoms with van der Waals surface area (Å²) in [5.74, 6) is -1.15. The van der Waals surface area contributed by atoms with Crippen LogP contribution in [0.1, 0.15) is 0 Å². The van der Waals surface area contributed by atoms with E-state index in [0.29, 0.717) is 0 Å². The Kier molecular flexibility index (Phi) is 2.45. The molecule has 15 heavy (non-hydrogen) atoms. The fourth-order valence-corrected chi connectivity index (χ4v) is 1.27. The molecule has 0 aliphatic rings. The van der Waals surface area contributed by atoms with Gasteiger partial charge in [-0.15, -0.1) is 4.68 Å². The first-order chi connectivity index (χ1) is 7.25. The molecule has 0 fully saturated rings. The Bertz CT molecular complexity index is 465. The Morgan fingerprint density at radius 2 is 2.13 bits per heavy atom. The van der Waals surface area contributed by atoms with Crippen LogP contribution in [-0.2, 0) is 11.3 Å². The Labute approximate surface area is 86.2 Å². The highest BCUT2D eigenvalue weighted by molar-refractivity contribution is 5.63. The largest absolute Gasteiger partial charge is 0.547 e. The average molecular weight is 203 g/mol. The molecule has 1 aromatic heterocycles. The number of hydrogen-bond acceptors (Lipinski definition) is 3. The summed E-state index contributed by atoms with van der Waals surface area (Å²) in [6, 6.07) is 9.53. The van der Waals surface area contributed by atoms with Gasteiger partial charge in [-0.2, -0.15) is 0 Å². The summed E-state index contributed by atoms with van der Waals surface area (Å²) in [6.45, 7) is -0.236. The van der Waals surface area contributed by atoms with Gasteiger partial charge in [-0.25, -0.2) is 4.57 Å². The lowest BCUT2D eigenvalue weighted by molar-refractivity contribution is -0.596. The van der Waals surface area contributed by atoms with E-state index in [0.717, 1.165) is 5.69 Å². The van der Waals surface area contributed by atoms with Gasteiger partial charge in [0.05, 0.1) is 5.97 Å². The maximum Gasteiger partial charge on any atom is 0.270 e. The van der Waals surface area contributed by atoms with Crippen molar-refractivity contribution in [2.75, 3.05) is 0 Å². The molecule has 5 nitrogen and oxygen atoms in total. The number of nitrogens with zero attached hydrogens (tertiary/aromatic N) is 3. The number of carbonyl (C=O) groups excluding carboxylic acids is 1. The maximum atomic E-state index is 10.3. The van der Waals surface area contributed by atoms with E-state index < -0.39 is 5.97 Å². The molecule has 5 heteroatoms. The van der Waals surface area contributed by atoms with Crippen molar-refractivity contribution >= 4 is 5.97 Å². The molecule has 0 N–H and O–H groups in total. The summed E-state index contributed by atoms with van der Waals surface area (Å²) >= 11 is 0. The van der Waals surface area contributed by atoms with Gasteiger partial charge in [0.1, 0.15) is 12.2 Å². The molecular weight excluding hydrogens is 194 g/mol. The van der Waals surface area contributed by atoms with Crippen molar-refractivity contribution < 1.29 is 14.5 Å². The topological polar surface area (TPSA) is 61.8 Å². The summed E-state index contributed by atoms with van der Waals surface area (Å²) in [5.41, 5.74) is 0.932. The maximum absolute atomic E-state index is 10.3. The van der Waals surface area contributed by atoms with E-state index in [-0.39, 0.29) is 6.54 Å². The second-order valence-corrected chi connectivity index (χ2v) is 3.06. The number of benzene rings is 1. The van der Waals surface area contributed by atoms with Gasteiger partial charge < -0.3 is 9.90 Å². The molecule has 0 bridgehead atoms. The highest BCUT2D eigenvalue weighted by Gasteiger charge is 2.06. The molecule has 0 amide bonds. The van der Waals surface area contributed by atoms with Crippen LogP contribution in [0.3, 0.4) is 0 Å². The lowest BCUT2D eigenvalue weighted by Crippen LogP contribution is -2.30. The van der Waals surface area contributed by atoms with Gasteiger partial charge in [0, 0.05) is 5.10 Å². The van der Waals surface area contributed by atoms with E-state index in [4.69, 9.17) is 0 Å². The normalized spacial score (nSPS) is 10.1. The minimum atomic E-state index is -1.15. The molecule has 0 unspecified atom stereocenters. The summed E-state index contributed by atoms with van der Waals surface area (Å²) in [4.78, 5) is 10.3. The molecule has 76 valence electrons. The number of hydrogen-bond donors (Lipinski definition) is 0. The number of carboxylic acid groups (broad SMARTS) is 1. The molecule has 1 heterocycles. The first kappa shape index (κ1) is 9.39. The van der Waals surface area contributed by atoms with Gasteiger partial charge in [-0.05, 0) is 12.1 Å². The van der Waals surface area contributed by atoms with Crippen LogP contribution in [0.5, 0.6) is 0 Å². The van der Waals surface area contributed by atoms with Gasteiger partial charge in [-0.1, -0.05) is 18.2 Å². The number of aliphatic carboxylic acids is 1. The van der Waals surface area contributed by atoms with Crippen LogP contribution in [0, 0.1) is 0 Å². The third-order valence-electron chi connectivity index (χ3n) is 1.93. The van der Waals surface area contributed by atoms with Crippen LogP contribution in [0.2, 0.25) is 0 Å². The van der Waals surface area contributed by atoms with Crippen LogP contribution in [-0.4, -0.2) is 15.7 Å². The van der Waals surface area contributed by atoms with E-state index in [9.17, 15) is 9.90 Å². The lowest BCUT2D eigenvalue weighted by Gasteiger charge is -1.95. The monoisotopic (exact) mass is 203 g/mol. The van der Waals surface area contributed by atoms with E-state index in [1.807, 2.05) is 30.3 Å². The summed E-state index contributed by atoms with van der Waals surface area (Å²) in [5, 5.41) is 14.2. The number of aromatic nitrogens is 3. The fourth-order valence-electron chi connectivity index (χ4n) is 1.27. The molecule has 1 aromatic carbocycles. The molecule has 0 aliphatic carbocycles. The zero-order valence-corrected chi connectivity index (χ0v) is 7.91. The van der Waals surface area contributed by atoms with Crippen molar-refractivity contribution in [3.05, 3.63) is 43.0 Å². The van der Waals surface area contributed by atoms with Crippen LogP contribution in [0.15, 0.2) is 43.0 Å². The molecular formula is C10H9N3O2. The third-order valence-corrected chi connectivity index (χ3v) is 1.93. The third kappa shape index (κ3) is 2.19. The second kappa shape index (κ2) is 3.91. The average Bonchev–Trinajstić information content (AvgIpc) is 2.67. The predicted molar refractivity (Wildman–Crippen MR) is 48.8 cm³/mol. The SMILES string of the molecule is O=C([O-])Cn1c[n+](-c2ccccc2)cn1. The highest BCUT2D eigenvalue weighted by Crippen LogP contribution is 1.96. The number of para-hydroxylation sites is 1. The smallest absolute Gasteiger partial charge is 0.270 e. The van der Waals surface area contributed by atoms with Gasteiger partial charge in [0.25, 0.3) is 6.33 Å². The predicted octanol–water partition coefficient (Wildman–Crippen LogP) is -1.09. The van der Waals surface area contributed by atoms with E-state index in [1.54, 1.807) is 17.2 Å². The van der Waals surface area contributed by atoms with Gasteiger partial charge in [-0.3, -0.25) is 0 Å². The van der Waals surface area contributed by atoms with Crippen LogP contribution >= 0.6 is 0 Å². The molecule has 2 aromatic rings. The Morgan fingerprint density at radius 1 is 1.40 bits per heavy atom. The molecule has 0 atom stereocenters. The Hall–Kier alpha value is -2.17. The number of rotatable bonds is 3. The summed E-state index contributed by atoms with van der Waals surface area (Å²) in [6.07, 6.45) is 3.16. The van der Waals surface area contributed by atoms with E-state index in [1.165, 1.54) is 4.68 Å². The quantitative estimate of drug-likeness (QED) is 0.595. The standard InChI is InChI=1S/C10H9N3O2/c14-10(15)6-13-8-12(7-11-13)9-4-2-1-3-5-9/h1-5,7-8H,6H2. The zero-order valence-electron chi connectivity index (χ0n) is 7.91. The van der Waals surface area contributed by atoms with Crippen LogP contribution < -0.4 is 9.67 Å². The first-order valence-corrected chi connectivity index (χ1v) is 4.45. The minimum Gasteiger partial charge on any atom is -0.547 e. The highest BCUT2D eigenvalue weighted by atomic mass is 16.4. The van der Waals surface area contributed by atoms with E-state index in [2.05, 4.69) is 5.10 Å². The lowest BCUT2D eigenvalue weighted by atomic mass is 10.3. The molecule has 0 saturated carbocycles. The van der Waals surface area contributed by atoms with Crippen LogP contribution in [0.4, 0.5) is 0 Å². The summed E-state index contributed by atoms with van der Waals surface area (Å²) < 4.78 is 3.05. The molecule has 2 rings (SSSR count). The van der Waals surface area contributed by atoms with Gasteiger partial charge >= 0.3 is 0 Å². The molecule has 0 saturated heterocycles. The van der Waals surface area contributed by atoms with Gasteiger partial charge in [0.15, 0.2) is 0 Å². The van der Waals surface area contributed by atoms with E-state index >= 15 is 0 Å². The molecule has 0 aliphatic heterocycles. The fraction of sp³-hybridized carbons (Fsp3) is 0.100. The summed E-state index contributed by atoms with van der Waals surface area (Å²) in [7, 11) is 0. The number of carbonyl (C=O) groups is 1. The van der Waals surface area contributed by atoms with Crippen molar-refractivity contribution in [1.29, 1.82) is 0 Å². The second-order valence-electron chi connectivity index (χ2n) is 3.06. The van der Waals surface area contributed by atoms with Crippen molar-refractivity contribution in [3.8, 4) is 5.69 Å². The van der Waals surface area contributed by atoms with Crippen molar-refractivity contribution in [1.82, 2.24) is 9.78 Å². The van der Waals surface area contributed by atoms with Crippen molar-refractivity contribution in [2.24, 2.45) is 0 Å². The Balaban J connectivity index is 2.24. The first-order valence-electron chi connectivity index (χ1n) is 4.45. The Morgan fingerprint density at radius 3 is 2.80 bits per heavy atom. The van der Waals surface area contributed by atoms with Crippen LogP contribution in [0.25, 0.3) is 5.69 Å². The van der Waals surface area contributed by atoms with Crippen molar-refractivity contribution in [2.45, 2.75) is 6.54 Å². The zero-order chi connectivity index (χ0) is 10.7. The number of carboxylic acids is 1. The van der Waals surface area contributed by atoms with Gasteiger partial charge in [0.2, 0.25) is 6.33 Å². The van der Waals surface area contributed by atoms with Crippen molar-refractivity contribution in [3.63, 3.8) is 0 Å². The molecule has 0 spiro atoms. The molecule has 0 radical (unpaired) electrons.